The maximum Gasteiger partial charge on any atom is 0.292 e. The molecule has 0 unspecified atom stereocenters. The third-order valence-corrected chi connectivity index (χ3v) is 1.92. The van der Waals surface area contributed by atoms with Gasteiger partial charge in [-0.15, -0.1) is 12.4 Å². The average molecular weight is 217 g/mol. The van der Waals surface area contributed by atoms with Gasteiger partial charge in [-0.05, 0) is 17.5 Å². The smallest absolute Gasteiger partial charge is 0.292 e. The highest BCUT2D eigenvalue weighted by molar-refractivity contribution is 5.85. The van der Waals surface area contributed by atoms with Crippen LogP contribution in [0.15, 0.2) is 18.2 Å². The Bertz CT molecular complexity index is 340. The molecule has 0 aliphatic heterocycles. The van der Waals surface area contributed by atoms with E-state index in [4.69, 9.17) is 5.73 Å². The van der Waals surface area contributed by atoms with E-state index in [1.807, 2.05) is 19.9 Å². The van der Waals surface area contributed by atoms with Crippen molar-refractivity contribution in [2.45, 2.75) is 19.8 Å². The van der Waals surface area contributed by atoms with Gasteiger partial charge >= 0.3 is 0 Å². The quantitative estimate of drug-likeness (QED) is 0.470. The topological polar surface area (TPSA) is 69.2 Å². The molecule has 0 amide bonds. The van der Waals surface area contributed by atoms with Gasteiger partial charge in [-0.1, -0.05) is 19.9 Å². The molecule has 0 aliphatic rings. The summed E-state index contributed by atoms with van der Waals surface area (Å²) in [5, 5.41) is 10.5. The van der Waals surface area contributed by atoms with Crippen LogP contribution in [0.5, 0.6) is 0 Å². The Balaban J connectivity index is 0.00000169. The molecule has 2 N–H and O–H groups in total. The van der Waals surface area contributed by atoms with Crippen molar-refractivity contribution >= 4 is 23.8 Å². The van der Waals surface area contributed by atoms with Gasteiger partial charge in [-0.2, -0.15) is 0 Å². The maximum atomic E-state index is 10.5. The zero-order valence-electron chi connectivity index (χ0n) is 8.06. The van der Waals surface area contributed by atoms with E-state index in [2.05, 4.69) is 0 Å². The van der Waals surface area contributed by atoms with Crippen LogP contribution in [0.1, 0.15) is 25.3 Å². The fraction of sp³-hybridized carbons (Fsp3) is 0.333. The Kier molecular flexibility index (Phi) is 4.37. The van der Waals surface area contributed by atoms with Gasteiger partial charge in [0.15, 0.2) is 0 Å². The van der Waals surface area contributed by atoms with Crippen molar-refractivity contribution in [3.05, 3.63) is 33.9 Å². The number of hydrogen-bond donors (Lipinski definition) is 1. The van der Waals surface area contributed by atoms with Gasteiger partial charge in [0.25, 0.3) is 5.69 Å². The molecular weight excluding hydrogens is 204 g/mol. The molecule has 0 aliphatic carbocycles. The van der Waals surface area contributed by atoms with Crippen molar-refractivity contribution in [2.75, 3.05) is 5.73 Å². The molecule has 0 saturated heterocycles. The molecular formula is C9H13ClN2O2. The van der Waals surface area contributed by atoms with Crippen LogP contribution in [0, 0.1) is 10.1 Å². The molecule has 0 saturated carbocycles. The van der Waals surface area contributed by atoms with Crippen molar-refractivity contribution < 1.29 is 4.92 Å². The lowest BCUT2D eigenvalue weighted by Gasteiger charge is -2.05. The second-order valence-electron chi connectivity index (χ2n) is 3.23. The summed E-state index contributed by atoms with van der Waals surface area (Å²) in [4.78, 5) is 10.1. The average Bonchev–Trinajstić information content (AvgIpc) is 2.04. The third kappa shape index (κ3) is 2.60. The predicted octanol–water partition coefficient (Wildman–Crippen LogP) is 2.72. The molecule has 0 aromatic heterocycles. The molecule has 0 atom stereocenters. The summed E-state index contributed by atoms with van der Waals surface area (Å²) >= 11 is 0. The van der Waals surface area contributed by atoms with E-state index in [1.165, 1.54) is 6.07 Å². The summed E-state index contributed by atoms with van der Waals surface area (Å²) in [5.41, 5.74) is 6.59. The normalized spacial score (nSPS) is 9.64. The first kappa shape index (κ1) is 12.7. The Morgan fingerprint density at radius 1 is 1.43 bits per heavy atom. The first-order valence-electron chi connectivity index (χ1n) is 4.06. The predicted molar refractivity (Wildman–Crippen MR) is 58.8 cm³/mol. The minimum atomic E-state index is -0.457. The van der Waals surface area contributed by atoms with E-state index in [0.717, 1.165) is 5.56 Å². The zero-order valence-corrected chi connectivity index (χ0v) is 8.88. The van der Waals surface area contributed by atoms with E-state index in [-0.39, 0.29) is 29.7 Å². The molecule has 0 spiro atoms. The van der Waals surface area contributed by atoms with Gasteiger partial charge in [0.2, 0.25) is 0 Å². The minimum Gasteiger partial charge on any atom is -0.393 e. The zero-order chi connectivity index (χ0) is 10.0. The monoisotopic (exact) mass is 216 g/mol. The Morgan fingerprint density at radius 3 is 2.43 bits per heavy atom. The van der Waals surface area contributed by atoms with Crippen molar-refractivity contribution in [1.82, 2.24) is 0 Å². The number of halogens is 1. The summed E-state index contributed by atoms with van der Waals surface area (Å²) in [6.07, 6.45) is 0. The molecule has 1 rings (SSSR count). The summed E-state index contributed by atoms with van der Waals surface area (Å²) in [6, 6.07) is 4.92. The second-order valence-corrected chi connectivity index (χ2v) is 3.23. The molecule has 1 aromatic carbocycles. The van der Waals surface area contributed by atoms with Crippen LogP contribution in [0.2, 0.25) is 0 Å². The summed E-state index contributed by atoms with van der Waals surface area (Å²) in [7, 11) is 0. The van der Waals surface area contributed by atoms with Crippen LogP contribution in [0.25, 0.3) is 0 Å². The highest BCUT2D eigenvalue weighted by Crippen LogP contribution is 2.25. The fourth-order valence-corrected chi connectivity index (χ4v) is 1.08. The van der Waals surface area contributed by atoms with E-state index < -0.39 is 4.92 Å². The molecule has 0 heterocycles. The standard InChI is InChI=1S/C9H12N2O2.ClH/c1-6(2)7-3-4-8(10)9(5-7)11(12)13;/h3-6H,10H2,1-2H3;1H. The summed E-state index contributed by atoms with van der Waals surface area (Å²) in [5.74, 6) is 0.277. The van der Waals surface area contributed by atoms with Gasteiger partial charge < -0.3 is 5.73 Å². The number of nitro groups is 1. The Hall–Kier alpha value is -1.29. The molecule has 4 nitrogen and oxygen atoms in total. The largest absolute Gasteiger partial charge is 0.393 e. The van der Waals surface area contributed by atoms with Crippen molar-refractivity contribution in [2.24, 2.45) is 0 Å². The number of hydrogen-bond acceptors (Lipinski definition) is 3. The van der Waals surface area contributed by atoms with Crippen LogP contribution >= 0.6 is 12.4 Å². The SMILES string of the molecule is CC(C)c1ccc(N)c([N+](=O)[O-])c1.Cl. The first-order chi connectivity index (χ1) is 6.02. The van der Waals surface area contributed by atoms with E-state index in [9.17, 15) is 10.1 Å². The van der Waals surface area contributed by atoms with E-state index in [0.29, 0.717) is 0 Å². The van der Waals surface area contributed by atoms with Crippen LogP contribution in [0.3, 0.4) is 0 Å². The number of benzene rings is 1. The van der Waals surface area contributed by atoms with Gasteiger partial charge in [-0.3, -0.25) is 10.1 Å². The molecule has 0 fully saturated rings. The van der Waals surface area contributed by atoms with Gasteiger partial charge in [0.05, 0.1) is 4.92 Å². The lowest BCUT2D eigenvalue weighted by atomic mass is 10.0. The van der Waals surface area contributed by atoms with Crippen LogP contribution in [0.4, 0.5) is 11.4 Å². The molecule has 5 heteroatoms. The first-order valence-corrected chi connectivity index (χ1v) is 4.06. The molecule has 1 aromatic rings. The van der Waals surface area contributed by atoms with Crippen LogP contribution in [-0.4, -0.2) is 4.92 Å². The highest BCUT2D eigenvalue weighted by atomic mass is 35.5. The number of nitro benzene ring substituents is 1. The number of rotatable bonds is 2. The van der Waals surface area contributed by atoms with Gasteiger partial charge in [-0.25, -0.2) is 0 Å². The third-order valence-electron chi connectivity index (χ3n) is 1.92. The molecule has 0 radical (unpaired) electrons. The Labute approximate surface area is 88.7 Å². The molecule has 78 valence electrons. The lowest BCUT2D eigenvalue weighted by Crippen LogP contribution is -1.97. The minimum absolute atomic E-state index is 0. The number of nitrogen functional groups attached to an aromatic ring is 1. The number of nitrogens with two attached hydrogens (primary N) is 1. The summed E-state index contributed by atoms with van der Waals surface area (Å²) < 4.78 is 0. The number of nitrogens with zero attached hydrogens (tertiary/aromatic N) is 1. The fourth-order valence-electron chi connectivity index (χ4n) is 1.08. The molecule has 14 heavy (non-hydrogen) atoms. The molecule has 0 bridgehead atoms. The van der Waals surface area contributed by atoms with Crippen molar-refractivity contribution in [3.8, 4) is 0 Å². The van der Waals surface area contributed by atoms with Gasteiger partial charge in [0, 0.05) is 6.07 Å². The van der Waals surface area contributed by atoms with Crippen molar-refractivity contribution in [1.29, 1.82) is 0 Å². The van der Waals surface area contributed by atoms with Crippen LogP contribution in [-0.2, 0) is 0 Å². The lowest BCUT2D eigenvalue weighted by molar-refractivity contribution is -0.384. The second kappa shape index (κ2) is 4.81. The van der Waals surface area contributed by atoms with Gasteiger partial charge in [0.1, 0.15) is 5.69 Å². The maximum absolute atomic E-state index is 10.5. The summed E-state index contributed by atoms with van der Waals surface area (Å²) in [6.45, 7) is 3.96. The van der Waals surface area contributed by atoms with Crippen LogP contribution < -0.4 is 5.73 Å². The van der Waals surface area contributed by atoms with Crippen molar-refractivity contribution in [3.63, 3.8) is 0 Å². The van der Waals surface area contributed by atoms with E-state index in [1.54, 1.807) is 6.07 Å². The van der Waals surface area contributed by atoms with E-state index >= 15 is 0 Å². The Morgan fingerprint density at radius 2 is 2.00 bits per heavy atom. The highest BCUT2D eigenvalue weighted by Gasteiger charge is 2.12. The number of anilines is 1.